The number of halogens is 3. The monoisotopic (exact) mass is 385 g/mol. The summed E-state index contributed by atoms with van der Waals surface area (Å²) >= 11 is 17.5. The van der Waals surface area contributed by atoms with Crippen LogP contribution in [0, 0.1) is 0 Å². The molecule has 0 saturated heterocycles. The van der Waals surface area contributed by atoms with E-state index >= 15 is 0 Å². The molecule has 0 heterocycles. The summed E-state index contributed by atoms with van der Waals surface area (Å²) in [6, 6.07) is 11.3. The summed E-state index contributed by atoms with van der Waals surface area (Å²) in [5, 5.41) is 3.93. The minimum absolute atomic E-state index is 0.152. The summed E-state index contributed by atoms with van der Waals surface area (Å²) in [7, 11) is 0. The minimum atomic E-state index is -0.689. The van der Waals surface area contributed by atoms with Gasteiger partial charge in [-0.2, -0.15) is 0 Å². The maximum absolute atomic E-state index is 11.9. The molecule has 1 atom stereocenters. The molecule has 1 N–H and O–H groups in total. The average molecular weight is 387 g/mol. The zero-order valence-electron chi connectivity index (χ0n) is 12.7. The van der Waals surface area contributed by atoms with Crippen molar-refractivity contribution in [1.29, 1.82) is 0 Å². The highest BCUT2D eigenvalue weighted by molar-refractivity contribution is 6.36. The number of rotatable bonds is 5. The van der Waals surface area contributed by atoms with Crippen molar-refractivity contribution in [3.63, 3.8) is 0 Å². The summed E-state index contributed by atoms with van der Waals surface area (Å²) in [6.07, 6.45) is 0. The lowest BCUT2D eigenvalue weighted by Crippen LogP contribution is -2.31. The third-order valence-electron chi connectivity index (χ3n) is 3.23. The Morgan fingerprint density at radius 1 is 1.04 bits per heavy atom. The summed E-state index contributed by atoms with van der Waals surface area (Å²) < 4.78 is 4.97. The van der Waals surface area contributed by atoms with Crippen molar-refractivity contribution in [3.8, 4) is 0 Å². The highest BCUT2D eigenvalue weighted by atomic mass is 35.5. The number of carbonyl (C=O) groups excluding carboxylic acids is 2. The second-order valence-corrected chi connectivity index (χ2v) is 6.32. The van der Waals surface area contributed by atoms with E-state index in [1.165, 1.54) is 18.2 Å². The number of amides is 1. The third kappa shape index (κ3) is 5.13. The topological polar surface area (TPSA) is 55.4 Å². The van der Waals surface area contributed by atoms with Crippen molar-refractivity contribution in [2.75, 3.05) is 6.61 Å². The Morgan fingerprint density at radius 2 is 1.67 bits per heavy atom. The van der Waals surface area contributed by atoms with Gasteiger partial charge in [-0.15, -0.1) is 0 Å². The Hall–Kier alpha value is -1.75. The highest BCUT2D eigenvalue weighted by Gasteiger charge is 2.15. The molecule has 126 valence electrons. The third-order valence-corrected chi connectivity index (χ3v) is 4.03. The van der Waals surface area contributed by atoms with Crippen LogP contribution in [0.5, 0.6) is 0 Å². The molecule has 4 nitrogen and oxygen atoms in total. The summed E-state index contributed by atoms with van der Waals surface area (Å²) in [5.74, 6) is -1.11. The first-order valence-electron chi connectivity index (χ1n) is 7.04. The SMILES string of the molecule is C[C@@H](NC(=O)COC(=O)c1ccc(Cl)cc1Cl)c1ccc(Cl)cc1. The van der Waals surface area contributed by atoms with Gasteiger partial charge in [0.15, 0.2) is 6.61 Å². The first-order valence-corrected chi connectivity index (χ1v) is 8.17. The molecule has 7 heteroatoms. The van der Waals surface area contributed by atoms with Crippen LogP contribution < -0.4 is 5.32 Å². The van der Waals surface area contributed by atoms with Crippen molar-refractivity contribution < 1.29 is 14.3 Å². The van der Waals surface area contributed by atoms with Crippen molar-refractivity contribution in [3.05, 3.63) is 68.7 Å². The van der Waals surface area contributed by atoms with Gasteiger partial charge in [0.1, 0.15) is 0 Å². The number of esters is 1. The molecule has 0 fully saturated rings. The van der Waals surface area contributed by atoms with Crippen LogP contribution in [0.2, 0.25) is 15.1 Å². The van der Waals surface area contributed by atoms with E-state index in [4.69, 9.17) is 39.5 Å². The zero-order chi connectivity index (χ0) is 17.7. The molecule has 0 bridgehead atoms. The standard InChI is InChI=1S/C17H14Cl3NO3/c1-10(11-2-4-12(18)5-3-11)21-16(22)9-24-17(23)14-7-6-13(19)8-15(14)20/h2-8,10H,9H2,1H3,(H,21,22)/t10-/m1/s1. The van der Waals surface area contributed by atoms with Gasteiger partial charge in [-0.25, -0.2) is 4.79 Å². The van der Waals surface area contributed by atoms with Crippen LogP contribution in [0.25, 0.3) is 0 Å². The van der Waals surface area contributed by atoms with Crippen LogP contribution in [0.15, 0.2) is 42.5 Å². The van der Waals surface area contributed by atoms with Crippen LogP contribution in [-0.4, -0.2) is 18.5 Å². The normalized spacial score (nSPS) is 11.7. The Labute approximate surface area is 154 Å². The molecule has 24 heavy (non-hydrogen) atoms. The fourth-order valence-electron chi connectivity index (χ4n) is 1.98. The number of benzene rings is 2. The second-order valence-electron chi connectivity index (χ2n) is 5.04. The van der Waals surface area contributed by atoms with E-state index in [0.717, 1.165) is 5.56 Å². The van der Waals surface area contributed by atoms with Gasteiger partial charge in [0.2, 0.25) is 0 Å². The predicted molar refractivity (Wildman–Crippen MR) is 94.8 cm³/mol. The Kier molecular flexibility index (Phi) is 6.49. The molecular weight excluding hydrogens is 373 g/mol. The Balaban J connectivity index is 1.88. The molecule has 0 unspecified atom stereocenters. The summed E-state index contributed by atoms with van der Waals surface area (Å²) in [4.78, 5) is 23.8. The van der Waals surface area contributed by atoms with Crippen molar-refractivity contribution >= 4 is 46.7 Å². The average Bonchev–Trinajstić information content (AvgIpc) is 2.53. The number of hydrogen-bond acceptors (Lipinski definition) is 3. The lowest BCUT2D eigenvalue weighted by Gasteiger charge is -2.14. The predicted octanol–water partition coefficient (Wildman–Crippen LogP) is 4.68. The summed E-state index contributed by atoms with van der Waals surface area (Å²) in [6.45, 7) is 1.41. The van der Waals surface area contributed by atoms with E-state index in [2.05, 4.69) is 5.32 Å². The number of ether oxygens (including phenoxy) is 1. The van der Waals surface area contributed by atoms with Crippen LogP contribution in [0.4, 0.5) is 0 Å². The molecule has 0 saturated carbocycles. The Bertz CT molecular complexity index is 747. The maximum atomic E-state index is 11.9. The number of hydrogen-bond donors (Lipinski definition) is 1. The summed E-state index contributed by atoms with van der Waals surface area (Å²) in [5.41, 5.74) is 1.04. The second kappa shape index (κ2) is 8.38. The van der Waals surface area contributed by atoms with Crippen molar-refractivity contribution in [2.24, 2.45) is 0 Å². The smallest absolute Gasteiger partial charge is 0.340 e. The lowest BCUT2D eigenvalue weighted by molar-refractivity contribution is -0.124. The first-order chi connectivity index (χ1) is 11.4. The molecule has 2 aromatic rings. The van der Waals surface area contributed by atoms with E-state index in [0.29, 0.717) is 10.0 Å². The fraction of sp³-hybridized carbons (Fsp3) is 0.176. The van der Waals surface area contributed by atoms with Gasteiger partial charge in [0.25, 0.3) is 5.91 Å². The number of nitrogens with one attached hydrogen (secondary N) is 1. The van der Waals surface area contributed by atoms with Crippen LogP contribution in [-0.2, 0) is 9.53 Å². The van der Waals surface area contributed by atoms with Gasteiger partial charge < -0.3 is 10.1 Å². The number of carbonyl (C=O) groups is 2. The van der Waals surface area contributed by atoms with Crippen LogP contribution >= 0.6 is 34.8 Å². The molecule has 1 amide bonds. The molecule has 0 aliphatic carbocycles. The van der Waals surface area contributed by atoms with Gasteiger partial charge in [-0.05, 0) is 42.8 Å². The molecular formula is C17H14Cl3NO3. The minimum Gasteiger partial charge on any atom is -0.452 e. The largest absolute Gasteiger partial charge is 0.452 e. The van der Waals surface area contributed by atoms with Crippen molar-refractivity contribution in [1.82, 2.24) is 5.32 Å². The van der Waals surface area contributed by atoms with E-state index in [-0.39, 0.29) is 16.6 Å². The molecule has 0 spiro atoms. The quantitative estimate of drug-likeness (QED) is 0.759. The van der Waals surface area contributed by atoms with Gasteiger partial charge in [-0.1, -0.05) is 46.9 Å². The van der Waals surface area contributed by atoms with Gasteiger partial charge in [-0.3, -0.25) is 4.79 Å². The highest BCUT2D eigenvalue weighted by Crippen LogP contribution is 2.21. The van der Waals surface area contributed by atoms with E-state index in [1.54, 1.807) is 12.1 Å². The van der Waals surface area contributed by atoms with Gasteiger partial charge in [0.05, 0.1) is 16.6 Å². The van der Waals surface area contributed by atoms with Crippen molar-refractivity contribution in [2.45, 2.75) is 13.0 Å². The maximum Gasteiger partial charge on any atom is 0.340 e. The van der Waals surface area contributed by atoms with E-state index in [9.17, 15) is 9.59 Å². The molecule has 2 aromatic carbocycles. The fourth-order valence-corrected chi connectivity index (χ4v) is 2.59. The van der Waals surface area contributed by atoms with E-state index < -0.39 is 18.5 Å². The van der Waals surface area contributed by atoms with Crippen LogP contribution in [0.1, 0.15) is 28.9 Å². The molecule has 2 rings (SSSR count). The molecule has 0 aliphatic rings. The molecule has 0 aromatic heterocycles. The Morgan fingerprint density at radius 3 is 2.29 bits per heavy atom. The molecule has 0 radical (unpaired) electrons. The van der Waals surface area contributed by atoms with Gasteiger partial charge >= 0.3 is 5.97 Å². The van der Waals surface area contributed by atoms with E-state index in [1.807, 2.05) is 19.1 Å². The lowest BCUT2D eigenvalue weighted by atomic mass is 10.1. The van der Waals surface area contributed by atoms with Crippen LogP contribution in [0.3, 0.4) is 0 Å². The van der Waals surface area contributed by atoms with Gasteiger partial charge in [0, 0.05) is 10.0 Å². The zero-order valence-corrected chi connectivity index (χ0v) is 15.0. The first kappa shape index (κ1) is 18.6. The molecule has 0 aliphatic heterocycles.